The molecule has 1 unspecified atom stereocenters. The maximum Gasteiger partial charge on any atom is 0.243 e. The van der Waals surface area contributed by atoms with Crippen molar-refractivity contribution in [2.45, 2.75) is 61.9 Å². The fraction of sp³-hybridized carbons (Fsp3) is 0.520. The monoisotopic (exact) mass is 478 g/mol. The number of hydrogen-bond acceptors (Lipinski definition) is 4. The summed E-state index contributed by atoms with van der Waals surface area (Å²) in [6.45, 7) is 3.28. The highest BCUT2D eigenvalue weighted by Gasteiger charge is 2.32. The SMILES string of the molecule is CC(c1ccc(C2CCC(N(C)S(=O)(=O)c3ccc(Cl)cc3)CC2)cc1)N(C)CCCO. The van der Waals surface area contributed by atoms with Gasteiger partial charge in [-0.2, -0.15) is 4.31 Å². The van der Waals surface area contributed by atoms with Gasteiger partial charge in [-0.1, -0.05) is 35.9 Å². The molecule has 5 nitrogen and oxygen atoms in total. The number of rotatable bonds is 9. The third-order valence-electron chi connectivity index (χ3n) is 6.92. The lowest BCUT2D eigenvalue weighted by Crippen LogP contribution is -2.39. The molecule has 1 fully saturated rings. The molecule has 0 saturated heterocycles. The third kappa shape index (κ3) is 5.91. The maximum absolute atomic E-state index is 13.0. The van der Waals surface area contributed by atoms with Crippen LogP contribution in [0.25, 0.3) is 0 Å². The second-order valence-corrected chi connectivity index (χ2v) is 11.3. The van der Waals surface area contributed by atoms with Crippen molar-refractivity contribution in [3.8, 4) is 0 Å². The number of nitrogens with zero attached hydrogens (tertiary/aromatic N) is 2. The molecule has 1 atom stereocenters. The van der Waals surface area contributed by atoms with Gasteiger partial charge in [0, 0.05) is 37.3 Å². The number of halogens is 1. The molecular formula is C25H35ClN2O3S. The Labute approximate surface area is 198 Å². The topological polar surface area (TPSA) is 60.9 Å². The average molecular weight is 479 g/mol. The molecule has 2 aromatic rings. The second-order valence-electron chi connectivity index (χ2n) is 8.88. The molecule has 3 rings (SSSR count). The molecule has 1 aliphatic rings. The quantitative estimate of drug-likeness (QED) is 0.547. The fourth-order valence-corrected chi connectivity index (χ4v) is 6.10. The number of hydrogen-bond donors (Lipinski definition) is 1. The first-order valence-corrected chi connectivity index (χ1v) is 13.2. The van der Waals surface area contributed by atoms with Crippen molar-refractivity contribution in [2.24, 2.45) is 0 Å². The van der Waals surface area contributed by atoms with E-state index >= 15 is 0 Å². The summed E-state index contributed by atoms with van der Waals surface area (Å²) in [6, 6.07) is 15.6. The van der Waals surface area contributed by atoms with Crippen LogP contribution in [-0.4, -0.2) is 56.0 Å². The van der Waals surface area contributed by atoms with Crippen molar-refractivity contribution in [3.63, 3.8) is 0 Å². The van der Waals surface area contributed by atoms with Crippen LogP contribution in [0.15, 0.2) is 53.4 Å². The van der Waals surface area contributed by atoms with Gasteiger partial charge in [-0.15, -0.1) is 0 Å². The van der Waals surface area contributed by atoms with Gasteiger partial charge in [0.2, 0.25) is 10.0 Å². The maximum atomic E-state index is 13.0. The van der Waals surface area contributed by atoms with Gasteiger partial charge in [0.25, 0.3) is 0 Å². The molecule has 0 bridgehead atoms. The Balaban J connectivity index is 1.59. The predicted octanol–water partition coefficient (Wildman–Crippen LogP) is 5.06. The zero-order chi connectivity index (χ0) is 23.3. The van der Waals surface area contributed by atoms with E-state index in [1.807, 2.05) is 0 Å². The molecule has 32 heavy (non-hydrogen) atoms. The molecule has 0 spiro atoms. The van der Waals surface area contributed by atoms with E-state index in [9.17, 15) is 8.42 Å². The minimum atomic E-state index is -3.51. The first-order valence-electron chi connectivity index (χ1n) is 11.4. The van der Waals surface area contributed by atoms with E-state index in [2.05, 4.69) is 43.1 Å². The lowest BCUT2D eigenvalue weighted by atomic mass is 9.81. The first-order chi connectivity index (χ1) is 15.2. The van der Waals surface area contributed by atoms with Crippen molar-refractivity contribution < 1.29 is 13.5 Å². The third-order valence-corrected chi connectivity index (χ3v) is 9.10. The van der Waals surface area contributed by atoms with Crippen LogP contribution in [0.1, 0.15) is 62.1 Å². The average Bonchev–Trinajstić information content (AvgIpc) is 2.82. The number of aliphatic hydroxyl groups is 1. The van der Waals surface area contributed by atoms with E-state index in [1.54, 1.807) is 35.6 Å². The molecule has 0 amide bonds. The first kappa shape index (κ1) is 25.2. The highest BCUT2D eigenvalue weighted by atomic mass is 35.5. The second kappa shape index (κ2) is 11.1. The summed E-state index contributed by atoms with van der Waals surface area (Å²) in [4.78, 5) is 2.55. The molecule has 0 aromatic heterocycles. The predicted molar refractivity (Wildman–Crippen MR) is 131 cm³/mol. The van der Waals surface area contributed by atoms with Gasteiger partial charge in [0.1, 0.15) is 0 Å². The molecule has 0 aliphatic heterocycles. The minimum absolute atomic E-state index is 0.0198. The Bertz CT molecular complexity index is 956. The van der Waals surface area contributed by atoms with Crippen molar-refractivity contribution in [3.05, 3.63) is 64.7 Å². The zero-order valence-electron chi connectivity index (χ0n) is 19.2. The van der Waals surface area contributed by atoms with E-state index in [1.165, 1.54) is 11.1 Å². The lowest BCUT2D eigenvalue weighted by Gasteiger charge is -2.34. The molecule has 7 heteroatoms. The van der Waals surface area contributed by atoms with Crippen LogP contribution >= 0.6 is 11.6 Å². The number of aliphatic hydroxyl groups excluding tert-OH is 1. The normalized spacial score (nSPS) is 20.6. The highest BCUT2D eigenvalue weighted by molar-refractivity contribution is 7.89. The van der Waals surface area contributed by atoms with E-state index in [0.717, 1.165) is 38.6 Å². The van der Waals surface area contributed by atoms with Gasteiger partial charge in [-0.05, 0) is 87.4 Å². The van der Waals surface area contributed by atoms with Crippen LogP contribution in [0.5, 0.6) is 0 Å². The smallest absolute Gasteiger partial charge is 0.243 e. The van der Waals surface area contributed by atoms with Crippen molar-refractivity contribution in [1.29, 1.82) is 0 Å². The highest BCUT2D eigenvalue weighted by Crippen LogP contribution is 2.36. The summed E-state index contributed by atoms with van der Waals surface area (Å²) in [5.74, 6) is 0.467. The van der Waals surface area contributed by atoms with E-state index in [0.29, 0.717) is 21.9 Å². The number of sulfonamides is 1. The molecular weight excluding hydrogens is 444 g/mol. The molecule has 0 radical (unpaired) electrons. The Hall–Kier alpha value is -1.44. The van der Waals surface area contributed by atoms with Gasteiger partial charge < -0.3 is 5.11 Å². The van der Waals surface area contributed by atoms with Crippen LogP contribution < -0.4 is 0 Å². The Morgan fingerprint density at radius 1 is 1.00 bits per heavy atom. The van der Waals surface area contributed by atoms with E-state index in [4.69, 9.17) is 16.7 Å². The molecule has 1 saturated carbocycles. The van der Waals surface area contributed by atoms with Gasteiger partial charge in [0.05, 0.1) is 4.90 Å². The number of benzene rings is 2. The zero-order valence-corrected chi connectivity index (χ0v) is 20.8. The largest absolute Gasteiger partial charge is 0.396 e. The van der Waals surface area contributed by atoms with Gasteiger partial charge in [0.15, 0.2) is 0 Å². The minimum Gasteiger partial charge on any atom is -0.396 e. The molecule has 2 aromatic carbocycles. The van der Waals surface area contributed by atoms with Crippen LogP contribution in [0.2, 0.25) is 5.02 Å². The van der Waals surface area contributed by atoms with Crippen LogP contribution in [0, 0.1) is 0 Å². The Morgan fingerprint density at radius 3 is 2.16 bits per heavy atom. The lowest BCUT2D eigenvalue weighted by molar-refractivity contribution is 0.216. The van der Waals surface area contributed by atoms with Crippen molar-refractivity contribution in [1.82, 2.24) is 9.21 Å². The summed E-state index contributed by atoms with van der Waals surface area (Å²) >= 11 is 5.91. The Kier molecular flexibility index (Phi) is 8.75. The van der Waals surface area contributed by atoms with Gasteiger partial charge in [-0.3, -0.25) is 4.90 Å². The van der Waals surface area contributed by atoms with Gasteiger partial charge >= 0.3 is 0 Å². The van der Waals surface area contributed by atoms with Crippen molar-refractivity contribution in [2.75, 3.05) is 27.2 Å². The van der Waals surface area contributed by atoms with E-state index in [-0.39, 0.29) is 12.6 Å². The van der Waals surface area contributed by atoms with Crippen LogP contribution in [0.3, 0.4) is 0 Å². The summed E-state index contributed by atoms with van der Waals surface area (Å²) < 4.78 is 27.5. The van der Waals surface area contributed by atoms with E-state index < -0.39 is 10.0 Å². The molecule has 0 heterocycles. The molecule has 1 N–H and O–H groups in total. The summed E-state index contributed by atoms with van der Waals surface area (Å²) in [5.41, 5.74) is 2.61. The van der Waals surface area contributed by atoms with Crippen LogP contribution in [0.4, 0.5) is 0 Å². The van der Waals surface area contributed by atoms with Crippen molar-refractivity contribution >= 4 is 21.6 Å². The summed E-state index contributed by atoms with van der Waals surface area (Å²) in [7, 11) is 0.267. The molecule has 176 valence electrons. The van der Waals surface area contributed by atoms with Gasteiger partial charge in [-0.25, -0.2) is 8.42 Å². The van der Waals surface area contributed by atoms with Crippen LogP contribution in [-0.2, 0) is 10.0 Å². The summed E-state index contributed by atoms with van der Waals surface area (Å²) in [6.07, 6.45) is 4.46. The summed E-state index contributed by atoms with van der Waals surface area (Å²) in [5, 5.41) is 9.58. The standard InChI is InChI=1S/C25H35ClN2O3S/c1-19(27(2)17-4-18-29)20-5-7-21(8-6-20)22-9-13-24(14-10-22)28(3)32(30,31)25-15-11-23(26)12-16-25/h5-8,11-12,15-16,19,22,24,29H,4,9-10,13-14,17-18H2,1-3H3. The fourth-order valence-electron chi connectivity index (χ4n) is 4.56. The molecule has 1 aliphatic carbocycles. The Morgan fingerprint density at radius 2 is 1.59 bits per heavy atom.